The largest absolute Gasteiger partial charge is 0.361 e. The van der Waals surface area contributed by atoms with Gasteiger partial charge < -0.3 is 13.8 Å². The van der Waals surface area contributed by atoms with Crippen LogP contribution in [-0.4, -0.2) is 36.6 Å². The third kappa shape index (κ3) is 7.06. The summed E-state index contributed by atoms with van der Waals surface area (Å²) < 4.78 is 29.7. The summed E-state index contributed by atoms with van der Waals surface area (Å²) in [6.07, 6.45) is 1.94. The number of rotatable bonds is 13. The first kappa shape index (κ1) is 22.2. The smallest absolute Gasteiger partial charge is 0.356 e. The molecule has 0 heterocycles. The van der Waals surface area contributed by atoms with E-state index in [1.54, 1.807) is 0 Å². The van der Waals surface area contributed by atoms with E-state index in [4.69, 9.17) is 13.8 Å². The molecule has 2 aromatic rings. The number of benzene rings is 2. The molecule has 0 aromatic heterocycles. The molecule has 1 saturated carbocycles. The molecule has 0 bridgehead atoms. The van der Waals surface area contributed by atoms with Crippen molar-refractivity contribution in [2.45, 2.75) is 45.4 Å². The molecule has 1 aliphatic rings. The Balaban J connectivity index is 1.66. The van der Waals surface area contributed by atoms with Gasteiger partial charge >= 0.3 is 7.60 Å². The van der Waals surface area contributed by atoms with Gasteiger partial charge in [-0.25, -0.2) is 0 Å². The summed E-state index contributed by atoms with van der Waals surface area (Å²) in [4.78, 5) is 2.41. The van der Waals surface area contributed by atoms with Gasteiger partial charge in [0.25, 0.3) is 0 Å². The maximum Gasteiger partial charge on any atom is 0.356 e. The van der Waals surface area contributed by atoms with Crippen molar-refractivity contribution in [3.05, 3.63) is 71.8 Å². The van der Waals surface area contributed by atoms with Crippen LogP contribution >= 0.6 is 7.60 Å². The normalized spacial score (nSPS) is 15.6. The highest BCUT2D eigenvalue weighted by atomic mass is 31.2. The van der Waals surface area contributed by atoms with Crippen LogP contribution < -0.4 is 0 Å². The van der Waals surface area contributed by atoms with Crippen molar-refractivity contribution in [2.75, 3.05) is 26.1 Å². The van der Waals surface area contributed by atoms with Gasteiger partial charge in [-0.1, -0.05) is 60.7 Å². The molecule has 0 unspecified atom stereocenters. The van der Waals surface area contributed by atoms with Crippen molar-refractivity contribution in [3.63, 3.8) is 0 Å². The molecule has 1 aliphatic carbocycles. The maximum atomic E-state index is 12.8. The van der Waals surface area contributed by atoms with Crippen molar-refractivity contribution in [1.82, 2.24) is 4.90 Å². The zero-order chi connectivity index (χ0) is 20.6. The zero-order valence-corrected chi connectivity index (χ0v) is 18.4. The molecule has 2 aromatic carbocycles. The first-order valence-corrected chi connectivity index (χ1v) is 12.1. The predicted octanol–water partition coefficient (Wildman–Crippen LogP) is 5.46. The standard InChI is InChI=1S/C23H32NO4P/c1-3-27-29(25,28-4-2)20-26-23(15-16-23)19-24(17-21-11-7-5-8-12-21)18-22-13-9-6-10-14-22/h5-14H,3-4,15-20H2,1-2H3. The molecule has 5 nitrogen and oxygen atoms in total. The monoisotopic (exact) mass is 417 g/mol. The third-order valence-corrected chi connectivity index (χ3v) is 6.75. The van der Waals surface area contributed by atoms with Crippen molar-refractivity contribution in [1.29, 1.82) is 0 Å². The van der Waals surface area contributed by atoms with Crippen LogP contribution in [-0.2, 0) is 31.4 Å². The lowest BCUT2D eigenvalue weighted by Gasteiger charge is -2.29. The van der Waals surface area contributed by atoms with Gasteiger partial charge in [-0.2, -0.15) is 0 Å². The number of ether oxygens (including phenoxy) is 1. The van der Waals surface area contributed by atoms with Gasteiger partial charge in [0.1, 0.15) is 6.35 Å². The zero-order valence-electron chi connectivity index (χ0n) is 17.5. The summed E-state index contributed by atoms with van der Waals surface area (Å²) in [7, 11) is -3.19. The van der Waals surface area contributed by atoms with Crippen LogP contribution in [0.2, 0.25) is 0 Å². The molecule has 29 heavy (non-hydrogen) atoms. The molecule has 0 N–H and O–H groups in total. The Morgan fingerprint density at radius 2 is 1.34 bits per heavy atom. The Bertz CT molecular complexity index is 728. The highest BCUT2D eigenvalue weighted by molar-refractivity contribution is 7.53. The van der Waals surface area contributed by atoms with Gasteiger partial charge in [0.2, 0.25) is 0 Å². The maximum absolute atomic E-state index is 12.8. The Hall–Kier alpha value is -1.49. The Labute approximate surface area is 174 Å². The molecule has 158 valence electrons. The molecule has 0 atom stereocenters. The van der Waals surface area contributed by atoms with Crippen molar-refractivity contribution < 1.29 is 18.3 Å². The van der Waals surface area contributed by atoms with E-state index in [1.807, 2.05) is 26.0 Å². The fourth-order valence-electron chi connectivity index (χ4n) is 3.47. The fraction of sp³-hybridized carbons (Fsp3) is 0.478. The second-order valence-electron chi connectivity index (χ2n) is 7.52. The molecule has 0 radical (unpaired) electrons. The molecule has 1 fully saturated rings. The number of nitrogens with zero attached hydrogens (tertiary/aromatic N) is 1. The lowest BCUT2D eigenvalue weighted by molar-refractivity contribution is 0.0154. The van der Waals surface area contributed by atoms with E-state index in [2.05, 4.69) is 53.4 Å². The van der Waals surface area contributed by atoms with Gasteiger partial charge in [-0.15, -0.1) is 0 Å². The Kier molecular flexibility index (Phi) is 8.05. The van der Waals surface area contributed by atoms with Crippen LogP contribution in [0.25, 0.3) is 0 Å². The first-order valence-electron chi connectivity index (χ1n) is 10.4. The van der Waals surface area contributed by atoms with E-state index < -0.39 is 7.60 Å². The molecule has 0 aliphatic heterocycles. The van der Waals surface area contributed by atoms with Crippen molar-refractivity contribution >= 4 is 7.60 Å². The molecule has 6 heteroatoms. The molecule has 0 spiro atoms. The fourth-order valence-corrected chi connectivity index (χ4v) is 4.91. The van der Waals surface area contributed by atoms with E-state index in [-0.39, 0.29) is 11.9 Å². The van der Waals surface area contributed by atoms with Gasteiger partial charge in [0, 0.05) is 19.6 Å². The average molecular weight is 417 g/mol. The summed E-state index contributed by atoms with van der Waals surface area (Å²) in [5.41, 5.74) is 2.27. The highest BCUT2D eigenvalue weighted by Gasteiger charge is 2.47. The summed E-state index contributed by atoms with van der Waals surface area (Å²) in [5, 5.41) is 0. The van der Waals surface area contributed by atoms with E-state index in [1.165, 1.54) is 11.1 Å². The lowest BCUT2D eigenvalue weighted by atomic mass is 10.1. The lowest BCUT2D eigenvalue weighted by Crippen LogP contribution is -2.35. The van der Waals surface area contributed by atoms with Crippen LogP contribution in [0, 0.1) is 0 Å². The van der Waals surface area contributed by atoms with Crippen molar-refractivity contribution in [3.8, 4) is 0 Å². The van der Waals surface area contributed by atoms with E-state index >= 15 is 0 Å². The second-order valence-corrected chi connectivity index (χ2v) is 9.52. The van der Waals surface area contributed by atoms with E-state index in [9.17, 15) is 4.57 Å². The van der Waals surface area contributed by atoms with Gasteiger partial charge in [0.15, 0.2) is 0 Å². The summed E-state index contributed by atoms with van der Waals surface area (Å²) in [5.74, 6) is 0. The third-order valence-electron chi connectivity index (χ3n) is 5.00. The second kappa shape index (κ2) is 10.5. The minimum absolute atomic E-state index is 0.0131. The van der Waals surface area contributed by atoms with E-state index in [0.717, 1.165) is 32.5 Å². The predicted molar refractivity (Wildman–Crippen MR) is 116 cm³/mol. The van der Waals surface area contributed by atoms with Gasteiger partial charge in [-0.3, -0.25) is 9.46 Å². The Morgan fingerprint density at radius 3 is 1.76 bits per heavy atom. The van der Waals surface area contributed by atoms with Crippen molar-refractivity contribution in [2.24, 2.45) is 0 Å². The minimum atomic E-state index is -3.19. The highest BCUT2D eigenvalue weighted by Crippen LogP contribution is 2.51. The van der Waals surface area contributed by atoms with Gasteiger partial charge in [0.05, 0.1) is 18.8 Å². The first-order chi connectivity index (χ1) is 14.1. The minimum Gasteiger partial charge on any atom is -0.361 e. The SMILES string of the molecule is CCOP(=O)(COC1(CN(Cc2ccccc2)Cc2ccccc2)CC1)OCC. The van der Waals surface area contributed by atoms with Crippen LogP contribution in [0.3, 0.4) is 0 Å². The topological polar surface area (TPSA) is 48.0 Å². The Morgan fingerprint density at radius 1 is 0.862 bits per heavy atom. The molecular weight excluding hydrogens is 385 g/mol. The van der Waals surface area contributed by atoms with Crippen LogP contribution in [0.15, 0.2) is 60.7 Å². The van der Waals surface area contributed by atoms with Crippen LogP contribution in [0.4, 0.5) is 0 Å². The number of hydrogen-bond donors (Lipinski definition) is 0. The quantitative estimate of drug-likeness (QED) is 0.405. The summed E-state index contributed by atoms with van der Waals surface area (Å²) >= 11 is 0. The molecule has 3 rings (SSSR count). The van der Waals surface area contributed by atoms with Gasteiger partial charge in [-0.05, 0) is 37.8 Å². The average Bonchev–Trinajstić information content (AvgIpc) is 3.48. The van der Waals surface area contributed by atoms with Crippen LogP contribution in [0.5, 0.6) is 0 Å². The molecular formula is C23H32NO4P. The van der Waals surface area contributed by atoms with Crippen LogP contribution in [0.1, 0.15) is 37.8 Å². The molecule has 0 amide bonds. The molecule has 0 saturated heterocycles. The number of hydrogen-bond acceptors (Lipinski definition) is 5. The van der Waals surface area contributed by atoms with E-state index in [0.29, 0.717) is 13.2 Å². The summed E-state index contributed by atoms with van der Waals surface area (Å²) in [6, 6.07) is 21.0. The summed E-state index contributed by atoms with van der Waals surface area (Å²) in [6.45, 7) is 6.81.